The third kappa shape index (κ3) is 4.47. The van der Waals surface area contributed by atoms with Crippen molar-refractivity contribution < 1.29 is 18.0 Å². The molecule has 5 rings (SSSR count). The second-order valence-corrected chi connectivity index (χ2v) is 11.4. The zero-order valence-corrected chi connectivity index (χ0v) is 21.2. The van der Waals surface area contributed by atoms with Crippen molar-refractivity contribution in [2.75, 3.05) is 38.0 Å². The predicted molar refractivity (Wildman–Crippen MR) is 137 cm³/mol. The molecule has 182 valence electrons. The highest BCUT2D eigenvalue weighted by Crippen LogP contribution is 2.36. The fourth-order valence-corrected chi connectivity index (χ4v) is 7.06. The Bertz CT molecular complexity index is 1520. The number of anilines is 1. The molecule has 0 aliphatic carbocycles. The second kappa shape index (κ2) is 9.49. The molecule has 0 radical (unpaired) electrons. The molecule has 1 aliphatic heterocycles. The number of fused-ring (bicyclic) bond motifs is 2. The SMILES string of the molecule is CCNC(=O)Nc1sc2ccccc2c1C(=O)N1CCN(S(=O)(=O)c2ccc3nsnc3c2)CC1. The van der Waals surface area contributed by atoms with Gasteiger partial charge in [-0.05, 0) is 31.2 Å². The first-order valence-corrected chi connectivity index (χ1v) is 14.0. The summed E-state index contributed by atoms with van der Waals surface area (Å²) in [7, 11) is -3.73. The standard InChI is InChI=1S/C22H22N6O4S3/c1-2-23-22(30)24-20-19(15-5-3-4-6-18(15)33-20)21(29)27-9-11-28(12-10-27)35(31,32)14-7-8-16-17(13-14)26-34-25-16/h3-8,13H,2,9-12H2,1H3,(H2,23,24,30). The van der Waals surface area contributed by atoms with E-state index in [0.29, 0.717) is 28.1 Å². The van der Waals surface area contributed by atoms with E-state index < -0.39 is 10.0 Å². The lowest BCUT2D eigenvalue weighted by atomic mass is 10.1. The van der Waals surface area contributed by atoms with Gasteiger partial charge in [-0.3, -0.25) is 10.1 Å². The van der Waals surface area contributed by atoms with Crippen molar-refractivity contribution in [1.82, 2.24) is 23.3 Å². The molecule has 10 nitrogen and oxygen atoms in total. The minimum absolute atomic E-state index is 0.162. The number of nitrogens with one attached hydrogen (secondary N) is 2. The molecule has 0 saturated carbocycles. The number of amides is 3. The molecular formula is C22H22N6O4S3. The molecule has 4 aromatic rings. The van der Waals surface area contributed by atoms with E-state index in [9.17, 15) is 18.0 Å². The minimum Gasteiger partial charge on any atom is -0.338 e. The first-order valence-electron chi connectivity index (χ1n) is 11.0. The van der Waals surface area contributed by atoms with Gasteiger partial charge in [0.1, 0.15) is 16.0 Å². The first-order chi connectivity index (χ1) is 16.9. The molecule has 35 heavy (non-hydrogen) atoms. The van der Waals surface area contributed by atoms with Crippen molar-refractivity contribution in [2.24, 2.45) is 0 Å². The van der Waals surface area contributed by atoms with Crippen LogP contribution in [0, 0.1) is 0 Å². The average Bonchev–Trinajstić information content (AvgIpc) is 3.47. The number of benzene rings is 2. The van der Waals surface area contributed by atoms with Crippen molar-refractivity contribution in [2.45, 2.75) is 11.8 Å². The van der Waals surface area contributed by atoms with E-state index in [-0.39, 0.29) is 43.0 Å². The van der Waals surface area contributed by atoms with E-state index in [0.717, 1.165) is 21.8 Å². The number of urea groups is 1. The maximum atomic E-state index is 13.6. The van der Waals surface area contributed by atoms with Crippen LogP contribution in [0.5, 0.6) is 0 Å². The van der Waals surface area contributed by atoms with Crippen LogP contribution in [-0.4, -0.2) is 71.0 Å². The van der Waals surface area contributed by atoms with Gasteiger partial charge in [-0.1, -0.05) is 18.2 Å². The van der Waals surface area contributed by atoms with Gasteiger partial charge in [0, 0.05) is 42.8 Å². The molecule has 1 fully saturated rings. The van der Waals surface area contributed by atoms with Gasteiger partial charge in [-0.25, -0.2) is 13.2 Å². The maximum absolute atomic E-state index is 13.6. The van der Waals surface area contributed by atoms with E-state index in [1.807, 2.05) is 31.2 Å². The number of carbonyl (C=O) groups is 2. The number of sulfonamides is 1. The van der Waals surface area contributed by atoms with Crippen molar-refractivity contribution >= 4 is 71.1 Å². The van der Waals surface area contributed by atoms with Crippen molar-refractivity contribution in [1.29, 1.82) is 0 Å². The summed E-state index contributed by atoms with van der Waals surface area (Å²) >= 11 is 2.37. The second-order valence-electron chi connectivity index (χ2n) is 7.90. The van der Waals surface area contributed by atoms with Gasteiger partial charge in [0.2, 0.25) is 10.0 Å². The number of nitrogens with zero attached hydrogens (tertiary/aromatic N) is 4. The highest BCUT2D eigenvalue weighted by atomic mass is 32.2. The number of carbonyl (C=O) groups excluding carboxylic acids is 2. The Labute approximate surface area is 209 Å². The van der Waals surface area contributed by atoms with Crippen LogP contribution in [0.2, 0.25) is 0 Å². The largest absolute Gasteiger partial charge is 0.338 e. The van der Waals surface area contributed by atoms with E-state index in [2.05, 4.69) is 19.4 Å². The lowest BCUT2D eigenvalue weighted by Gasteiger charge is -2.34. The third-order valence-corrected chi connectivity index (χ3v) is 9.30. The number of piperazine rings is 1. The summed E-state index contributed by atoms with van der Waals surface area (Å²) in [6.45, 7) is 3.09. The molecule has 2 aromatic heterocycles. The van der Waals surface area contributed by atoms with Crippen molar-refractivity contribution in [3.05, 3.63) is 48.0 Å². The molecule has 3 amide bonds. The molecule has 0 bridgehead atoms. The zero-order chi connectivity index (χ0) is 24.6. The Hall–Kier alpha value is -3.13. The highest BCUT2D eigenvalue weighted by molar-refractivity contribution is 7.89. The molecular weight excluding hydrogens is 508 g/mol. The summed E-state index contributed by atoms with van der Waals surface area (Å²) in [5.74, 6) is -0.235. The molecule has 0 unspecified atom stereocenters. The molecule has 1 saturated heterocycles. The number of aromatic nitrogens is 2. The van der Waals surface area contributed by atoms with Gasteiger partial charge in [0.25, 0.3) is 5.91 Å². The van der Waals surface area contributed by atoms with Gasteiger partial charge in [0.15, 0.2) is 0 Å². The van der Waals surface area contributed by atoms with E-state index >= 15 is 0 Å². The van der Waals surface area contributed by atoms with E-state index in [4.69, 9.17) is 0 Å². The van der Waals surface area contributed by atoms with E-state index in [1.165, 1.54) is 27.8 Å². The fourth-order valence-electron chi connectivity index (χ4n) is 4.01. The minimum atomic E-state index is -3.73. The monoisotopic (exact) mass is 530 g/mol. The van der Waals surface area contributed by atoms with Crippen LogP contribution < -0.4 is 10.6 Å². The lowest BCUT2D eigenvalue weighted by molar-refractivity contribution is 0.0701. The third-order valence-electron chi connectivity index (χ3n) is 5.76. The van der Waals surface area contributed by atoms with Gasteiger partial charge in [0.05, 0.1) is 22.2 Å². The van der Waals surface area contributed by atoms with Crippen molar-refractivity contribution in [3.63, 3.8) is 0 Å². The van der Waals surface area contributed by atoms with Crippen LogP contribution in [0.1, 0.15) is 17.3 Å². The molecule has 3 heterocycles. The Balaban J connectivity index is 1.36. The highest BCUT2D eigenvalue weighted by Gasteiger charge is 2.32. The van der Waals surface area contributed by atoms with Crippen LogP contribution in [-0.2, 0) is 10.0 Å². The van der Waals surface area contributed by atoms with Gasteiger partial charge >= 0.3 is 6.03 Å². The molecule has 1 aliphatic rings. The lowest BCUT2D eigenvalue weighted by Crippen LogP contribution is -2.50. The van der Waals surface area contributed by atoms with Crippen LogP contribution in [0.3, 0.4) is 0 Å². The molecule has 0 atom stereocenters. The first kappa shape index (κ1) is 23.6. The van der Waals surface area contributed by atoms with Crippen LogP contribution in [0.4, 0.5) is 9.80 Å². The van der Waals surface area contributed by atoms with Gasteiger partial charge in [-0.15, -0.1) is 11.3 Å². The molecule has 2 aromatic carbocycles. The Kier molecular flexibility index (Phi) is 6.40. The predicted octanol–water partition coefficient (Wildman–Crippen LogP) is 3.19. The van der Waals surface area contributed by atoms with E-state index in [1.54, 1.807) is 11.0 Å². The quantitative estimate of drug-likeness (QED) is 0.408. The zero-order valence-electron chi connectivity index (χ0n) is 18.7. The maximum Gasteiger partial charge on any atom is 0.319 e. The number of hydrogen-bond acceptors (Lipinski definition) is 8. The molecule has 0 spiro atoms. The topological polar surface area (TPSA) is 125 Å². The van der Waals surface area contributed by atoms with Crippen LogP contribution in [0.15, 0.2) is 47.4 Å². The Morgan fingerprint density at radius 2 is 1.77 bits per heavy atom. The average molecular weight is 531 g/mol. The summed E-state index contributed by atoms with van der Waals surface area (Å²) in [5.41, 5.74) is 1.63. The number of hydrogen-bond donors (Lipinski definition) is 2. The van der Waals surface area contributed by atoms with Crippen molar-refractivity contribution in [3.8, 4) is 0 Å². The Morgan fingerprint density at radius 3 is 2.54 bits per heavy atom. The summed E-state index contributed by atoms with van der Waals surface area (Å²) < 4.78 is 36.9. The van der Waals surface area contributed by atoms with Gasteiger partial charge < -0.3 is 10.2 Å². The molecule has 13 heteroatoms. The number of thiophene rings is 1. The fraction of sp³-hybridized carbons (Fsp3) is 0.273. The summed E-state index contributed by atoms with van der Waals surface area (Å²) in [6, 6.07) is 11.8. The normalized spacial score (nSPS) is 14.9. The summed E-state index contributed by atoms with van der Waals surface area (Å²) in [6.07, 6.45) is 0. The van der Waals surface area contributed by atoms with Crippen LogP contribution >= 0.6 is 23.1 Å². The number of rotatable bonds is 5. The summed E-state index contributed by atoms with van der Waals surface area (Å²) in [4.78, 5) is 27.5. The smallest absolute Gasteiger partial charge is 0.319 e. The van der Waals surface area contributed by atoms with Gasteiger partial charge in [-0.2, -0.15) is 13.1 Å². The molecule has 2 N–H and O–H groups in total. The summed E-state index contributed by atoms with van der Waals surface area (Å²) in [5, 5.41) is 6.71. The Morgan fingerprint density at radius 1 is 1.03 bits per heavy atom. The van der Waals surface area contributed by atoms with Crippen LogP contribution in [0.25, 0.3) is 21.1 Å².